The molecule has 0 fully saturated rings. The Morgan fingerprint density at radius 3 is 2.23 bits per heavy atom. The number of benzene rings is 1. The van der Waals surface area contributed by atoms with E-state index in [0.717, 1.165) is 24.6 Å². The van der Waals surface area contributed by atoms with Gasteiger partial charge in [0.15, 0.2) is 9.84 Å². The van der Waals surface area contributed by atoms with Gasteiger partial charge in [-0.15, -0.1) is 13.2 Å². The van der Waals surface area contributed by atoms with Gasteiger partial charge < -0.3 is 4.74 Å². The molecule has 0 saturated heterocycles. The van der Waals surface area contributed by atoms with Crippen LogP contribution < -0.4 is 4.74 Å². The lowest BCUT2D eigenvalue weighted by atomic mass is 10.1. The second-order valence-corrected chi connectivity index (χ2v) is 6.99. The first-order valence-electron chi connectivity index (χ1n) is 5.47. The van der Waals surface area contributed by atoms with Crippen LogP contribution in [0, 0.1) is 0 Å². The lowest BCUT2D eigenvalue weighted by Crippen LogP contribution is -2.17. The van der Waals surface area contributed by atoms with E-state index in [4.69, 9.17) is 23.2 Å². The topological polar surface area (TPSA) is 72.0 Å². The van der Waals surface area contributed by atoms with E-state index in [1.807, 2.05) is 0 Å². The molecule has 0 atom stereocenters. The van der Waals surface area contributed by atoms with Crippen molar-refractivity contribution in [2.75, 3.05) is 6.26 Å². The summed E-state index contributed by atoms with van der Waals surface area (Å²) in [4.78, 5) is -0.180. The number of halogens is 5. The van der Waals surface area contributed by atoms with Crippen LogP contribution in [0.2, 0.25) is 10.0 Å². The molecule has 0 radical (unpaired) electrons. The Bertz CT molecular complexity index is 795. The minimum atomic E-state index is -4.90. The predicted molar refractivity (Wildman–Crippen MR) is 73.8 cm³/mol. The van der Waals surface area contributed by atoms with Crippen molar-refractivity contribution < 1.29 is 26.3 Å². The number of hydrogen-bond acceptors (Lipinski definition) is 4. The normalized spacial score (nSPS) is 12.5. The molecule has 0 bridgehead atoms. The van der Waals surface area contributed by atoms with E-state index in [1.54, 1.807) is 0 Å². The molecule has 1 aromatic carbocycles. The second-order valence-electron chi connectivity index (χ2n) is 4.19. The van der Waals surface area contributed by atoms with Gasteiger partial charge >= 0.3 is 6.36 Å². The Morgan fingerprint density at radius 2 is 1.77 bits per heavy atom. The zero-order chi connectivity index (χ0) is 16.7. The number of H-pyrrole nitrogens is 1. The zero-order valence-electron chi connectivity index (χ0n) is 10.7. The van der Waals surface area contributed by atoms with Crippen LogP contribution in [-0.2, 0) is 9.84 Å². The van der Waals surface area contributed by atoms with Crippen LogP contribution in [0.25, 0.3) is 11.3 Å². The van der Waals surface area contributed by atoms with Gasteiger partial charge in [-0.05, 0) is 12.1 Å². The van der Waals surface area contributed by atoms with Crippen molar-refractivity contribution in [3.05, 3.63) is 28.4 Å². The molecule has 0 aliphatic carbocycles. The van der Waals surface area contributed by atoms with E-state index in [-0.39, 0.29) is 26.2 Å². The molecule has 0 spiro atoms. The largest absolute Gasteiger partial charge is 0.573 e. The molecular weight excluding hydrogens is 368 g/mol. The van der Waals surface area contributed by atoms with Gasteiger partial charge in [-0.25, -0.2) is 8.42 Å². The standard InChI is InChI=1S/C11H7Cl2F3N2O3S/c1-22(19,20)8-4-17-18-10(8)9-6(12)2-5(3-7(9)13)21-11(14,15)16/h2-4H,1H3,(H,17,18). The highest BCUT2D eigenvalue weighted by atomic mass is 35.5. The zero-order valence-corrected chi connectivity index (χ0v) is 13.0. The number of nitrogens with zero attached hydrogens (tertiary/aromatic N) is 1. The Kier molecular flexibility index (Phi) is 4.33. The molecule has 1 aromatic heterocycles. The molecule has 1 heterocycles. The van der Waals surface area contributed by atoms with Crippen molar-refractivity contribution in [1.82, 2.24) is 10.2 Å². The quantitative estimate of drug-likeness (QED) is 0.889. The van der Waals surface area contributed by atoms with Gasteiger partial charge in [0.2, 0.25) is 0 Å². The molecule has 0 saturated carbocycles. The van der Waals surface area contributed by atoms with E-state index < -0.39 is 21.9 Å². The van der Waals surface area contributed by atoms with Crippen molar-refractivity contribution in [3.8, 4) is 17.0 Å². The first-order valence-corrected chi connectivity index (χ1v) is 8.12. The van der Waals surface area contributed by atoms with Crippen molar-refractivity contribution >= 4 is 33.0 Å². The molecule has 22 heavy (non-hydrogen) atoms. The fourth-order valence-electron chi connectivity index (χ4n) is 1.72. The molecule has 2 aromatic rings. The smallest absolute Gasteiger partial charge is 0.406 e. The number of aromatic nitrogens is 2. The number of ether oxygens (including phenoxy) is 1. The second kappa shape index (κ2) is 5.64. The average molecular weight is 375 g/mol. The number of alkyl halides is 3. The van der Waals surface area contributed by atoms with Crippen molar-refractivity contribution in [3.63, 3.8) is 0 Å². The summed E-state index contributed by atoms with van der Waals surface area (Å²) in [6.45, 7) is 0. The minimum Gasteiger partial charge on any atom is -0.406 e. The van der Waals surface area contributed by atoms with Gasteiger partial charge in [0.25, 0.3) is 0 Å². The summed E-state index contributed by atoms with van der Waals surface area (Å²) in [6.07, 6.45) is -2.90. The Labute approximate surface area is 132 Å². The molecule has 0 aliphatic heterocycles. The van der Waals surface area contributed by atoms with Crippen molar-refractivity contribution in [2.24, 2.45) is 0 Å². The third-order valence-electron chi connectivity index (χ3n) is 2.50. The van der Waals surface area contributed by atoms with Gasteiger partial charge in [-0.1, -0.05) is 23.2 Å². The van der Waals surface area contributed by atoms with Crippen LogP contribution in [0.1, 0.15) is 0 Å². The highest BCUT2D eigenvalue weighted by Gasteiger charge is 2.32. The molecule has 0 aliphatic rings. The summed E-state index contributed by atoms with van der Waals surface area (Å²) >= 11 is 11.8. The average Bonchev–Trinajstić information content (AvgIpc) is 2.73. The molecule has 1 N–H and O–H groups in total. The van der Waals surface area contributed by atoms with Gasteiger partial charge in [0.05, 0.1) is 21.9 Å². The molecule has 120 valence electrons. The van der Waals surface area contributed by atoms with Gasteiger partial charge in [-0.3, -0.25) is 5.10 Å². The molecule has 0 unspecified atom stereocenters. The summed E-state index contributed by atoms with van der Waals surface area (Å²) < 4.78 is 63.6. The first kappa shape index (κ1) is 16.9. The minimum absolute atomic E-state index is 0.00998. The number of aromatic amines is 1. The maximum atomic E-state index is 12.2. The van der Waals surface area contributed by atoms with Crippen LogP contribution >= 0.6 is 23.2 Å². The van der Waals surface area contributed by atoms with Gasteiger partial charge in [0, 0.05) is 11.8 Å². The maximum Gasteiger partial charge on any atom is 0.573 e. The van der Waals surface area contributed by atoms with Gasteiger partial charge in [0.1, 0.15) is 10.6 Å². The summed E-state index contributed by atoms with van der Waals surface area (Å²) in [5.41, 5.74) is -0.00755. The molecular formula is C11H7Cl2F3N2O3S. The lowest BCUT2D eigenvalue weighted by Gasteiger charge is -2.12. The summed E-state index contributed by atoms with van der Waals surface area (Å²) in [5.74, 6) is -0.619. The first-order chi connectivity index (χ1) is 9.99. The predicted octanol–water partition coefficient (Wildman–Crippen LogP) is 3.69. The summed E-state index contributed by atoms with van der Waals surface area (Å²) in [7, 11) is -3.63. The summed E-state index contributed by atoms with van der Waals surface area (Å²) in [5, 5.41) is 5.57. The van der Waals surface area contributed by atoms with Crippen molar-refractivity contribution in [2.45, 2.75) is 11.3 Å². The highest BCUT2D eigenvalue weighted by Crippen LogP contribution is 2.40. The van der Waals surface area contributed by atoms with Crippen LogP contribution in [-0.4, -0.2) is 31.2 Å². The third-order valence-corrected chi connectivity index (χ3v) is 4.21. The maximum absolute atomic E-state index is 12.2. The number of sulfone groups is 1. The van der Waals surface area contributed by atoms with Crippen LogP contribution in [0.4, 0.5) is 13.2 Å². The SMILES string of the molecule is CS(=O)(=O)c1cn[nH]c1-c1c(Cl)cc(OC(F)(F)F)cc1Cl. The Hall–Kier alpha value is -1.45. The molecule has 0 amide bonds. The number of hydrogen-bond donors (Lipinski definition) is 1. The number of rotatable bonds is 3. The lowest BCUT2D eigenvalue weighted by molar-refractivity contribution is -0.274. The molecule has 5 nitrogen and oxygen atoms in total. The fourth-order valence-corrected chi connectivity index (χ4v) is 3.14. The third kappa shape index (κ3) is 3.65. The molecule has 2 rings (SSSR count). The Morgan fingerprint density at radius 1 is 1.23 bits per heavy atom. The fraction of sp³-hybridized carbons (Fsp3) is 0.182. The molecule has 11 heteroatoms. The van der Waals surface area contributed by atoms with E-state index in [0.29, 0.717) is 0 Å². The highest BCUT2D eigenvalue weighted by molar-refractivity contribution is 7.90. The van der Waals surface area contributed by atoms with E-state index in [1.165, 1.54) is 0 Å². The van der Waals surface area contributed by atoms with E-state index in [2.05, 4.69) is 14.9 Å². The Balaban J connectivity index is 2.57. The van der Waals surface area contributed by atoms with E-state index >= 15 is 0 Å². The van der Waals surface area contributed by atoms with Crippen molar-refractivity contribution in [1.29, 1.82) is 0 Å². The van der Waals surface area contributed by atoms with Crippen LogP contribution in [0.15, 0.2) is 23.2 Å². The summed E-state index contributed by atoms with van der Waals surface area (Å²) in [6, 6.07) is 1.76. The van der Waals surface area contributed by atoms with Gasteiger partial charge in [-0.2, -0.15) is 5.10 Å². The van der Waals surface area contributed by atoms with Crippen LogP contribution in [0.3, 0.4) is 0 Å². The number of nitrogens with one attached hydrogen (secondary N) is 1. The monoisotopic (exact) mass is 374 g/mol. The van der Waals surface area contributed by atoms with Crippen LogP contribution in [0.5, 0.6) is 5.75 Å². The van der Waals surface area contributed by atoms with E-state index in [9.17, 15) is 21.6 Å².